The number of rotatable bonds is 6. The van der Waals surface area contributed by atoms with Gasteiger partial charge in [-0.25, -0.2) is 19.3 Å². The molecule has 2 heterocycles. The maximum atomic E-state index is 13.9. The smallest absolute Gasteiger partial charge is 0.227 e. The first-order chi connectivity index (χ1) is 12.1. The van der Waals surface area contributed by atoms with Crippen molar-refractivity contribution in [1.29, 1.82) is 0 Å². The minimum atomic E-state index is -0.575. The van der Waals surface area contributed by atoms with Crippen LogP contribution in [0, 0.1) is 5.82 Å². The van der Waals surface area contributed by atoms with Crippen LogP contribution in [0.15, 0.2) is 24.5 Å². The molecule has 0 saturated carbocycles. The first kappa shape index (κ1) is 21.0. The van der Waals surface area contributed by atoms with Crippen molar-refractivity contribution in [1.82, 2.24) is 15.0 Å². The second-order valence-electron chi connectivity index (χ2n) is 4.99. The summed E-state index contributed by atoms with van der Waals surface area (Å²) in [6.07, 6.45) is 4.76. The van der Waals surface area contributed by atoms with Gasteiger partial charge in [0.25, 0.3) is 0 Å². The Morgan fingerprint density at radius 3 is 2.64 bits per heavy atom. The molecule has 0 atom stereocenters. The molecule has 0 radical (unpaired) electrons. The highest BCUT2D eigenvalue weighted by Crippen LogP contribution is 2.25. The molecule has 7 heteroatoms. The minimum absolute atomic E-state index is 0.0238. The molecule has 0 spiro atoms. The molecule has 0 bridgehead atoms. The highest BCUT2D eigenvalue weighted by molar-refractivity contribution is 6.28. The van der Waals surface area contributed by atoms with Gasteiger partial charge in [-0.3, -0.25) is 9.69 Å². The topological polar surface area (TPSA) is 59.0 Å². The van der Waals surface area contributed by atoms with E-state index in [1.54, 1.807) is 24.0 Å². The summed E-state index contributed by atoms with van der Waals surface area (Å²) in [7, 11) is 0. The molecule has 136 valence electrons. The number of nitrogens with zero attached hydrogens (tertiary/aromatic N) is 4. The van der Waals surface area contributed by atoms with E-state index in [-0.39, 0.29) is 16.9 Å². The van der Waals surface area contributed by atoms with Crippen LogP contribution in [0.1, 0.15) is 47.0 Å². The summed E-state index contributed by atoms with van der Waals surface area (Å²) in [6.45, 7) is 8.43. The third kappa shape index (κ3) is 5.74. The first-order valence-corrected chi connectivity index (χ1v) is 8.89. The van der Waals surface area contributed by atoms with Gasteiger partial charge in [0.1, 0.15) is 11.5 Å². The molecular weight excluding hydrogens is 343 g/mol. The Kier molecular flexibility index (Phi) is 8.99. The fourth-order valence-electron chi connectivity index (χ4n) is 2.14. The van der Waals surface area contributed by atoms with E-state index < -0.39 is 5.82 Å². The number of pyridine rings is 1. The third-order valence-corrected chi connectivity index (χ3v) is 3.53. The Hall–Kier alpha value is -2.08. The van der Waals surface area contributed by atoms with Crippen LogP contribution in [-0.4, -0.2) is 27.4 Å². The van der Waals surface area contributed by atoms with Crippen LogP contribution >= 0.6 is 11.6 Å². The standard InChI is InChI=1S/C16H18ClFN4O.C2H6/c1-3-5-8-22(14(23)4-2)13-9-11(6-7-19-13)15-12(18)10-20-16(17)21-15;1-2/h6-7,9-10H,3-5,8H2,1-2H3;1-2H3. The lowest BCUT2D eigenvalue weighted by Crippen LogP contribution is -2.31. The zero-order valence-corrected chi connectivity index (χ0v) is 15.8. The van der Waals surface area contributed by atoms with Gasteiger partial charge in [-0.1, -0.05) is 34.1 Å². The quantitative estimate of drug-likeness (QED) is 0.682. The molecule has 5 nitrogen and oxygen atoms in total. The van der Waals surface area contributed by atoms with Gasteiger partial charge in [-0.2, -0.15) is 0 Å². The van der Waals surface area contributed by atoms with Crippen LogP contribution in [-0.2, 0) is 4.79 Å². The molecule has 0 fully saturated rings. The van der Waals surface area contributed by atoms with E-state index in [4.69, 9.17) is 11.6 Å². The van der Waals surface area contributed by atoms with Crippen molar-refractivity contribution in [3.63, 3.8) is 0 Å². The van der Waals surface area contributed by atoms with Gasteiger partial charge in [0, 0.05) is 24.7 Å². The van der Waals surface area contributed by atoms with Crippen molar-refractivity contribution in [3.05, 3.63) is 35.6 Å². The summed E-state index contributed by atoms with van der Waals surface area (Å²) < 4.78 is 13.9. The molecule has 0 aliphatic heterocycles. The summed E-state index contributed by atoms with van der Waals surface area (Å²) in [6, 6.07) is 3.27. The molecule has 0 N–H and O–H groups in total. The van der Waals surface area contributed by atoms with Crippen LogP contribution in [0.2, 0.25) is 5.28 Å². The van der Waals surface area contributed by atoms with E-state index in [9.17, 15) is 9.18 Å². The number of amides is 1. The van der Waals surface area contributed by atoms with E-state index in [0.29, 0.717) is 24.3 Å². The summed E-state index contributed by atoms with van der Waals surface area (Å²) in [5, 5.41) is -0.0350. The number of halogens is 2. The van der Waals surface area contributed by atoms with E-state index in [1.807, 2.05) is 13.8 Å². The maximum absolute atomic E-state index is 13.9. The lowest BCUT2D eigenvalue weighted by molar-refractivity contribution is -0.118. The predicted molar refractivity (Wildman–Crippen MR) is 99.1 cm³/mol. The monoisotopic (exact) mass is 366 g/mol. The Morgan fingerprint density at radius 2 is 2.00 bits per heavy atom. The Morgan fingerprint density at radius 1 is 1.28 bits per heavy atom. The number of hydrogen-bond donors (Lipinski definition) is 0. The number of carbonyl (C=O) groups is 1. The van der Waals surface area contributed by atoms with Crippen molar-refractivity contribution in [3.8, 4) is 11.3 Å². The molecular formula is C18H24ClFN4O. The second-order valence-corrected chi connectivity index (χ2v) is 5.33. The van der Waals surface area contributed by atoms with Gasteiger partial charge in [0.15, 0.2) is 5.82 Å². The van der Waals surface area contributed by atoms with Gasteiger partial charge in [-0.05, 0) is 30.2 Å². The fourth-order valence-corrected chi connectivity index (χ4v) is 2.27. The van der Waals surface area contributed by atoms with Crippen molar-refractivity contribution < 1.29 is 9.18 Å². The summed E-state index contributed by atoms with van der Waals surface area (Å²) >= 11 is 5.74. The van der Waals surface area contributed by atoms with Crippen LogP contribution in [0.4, 0.5) is 10.2 Å². The highest BCUT2D eigenvalue weighted by atomic mass is 35.5. The van der Waals surface area contributed by atoms with E-state index in [2.05, 4.69) is 21.9 Å². The van der Waals surface area contributed by atoms with Crippen LogP contribution in [0.25, 0.3) is 11.3 Å². The summed E-state index contributed by atoms with van der Waals surface area (Å²) in [5.74, 6) is -0.116. The van der Waals surface area contributed by atoms with Gasteiger partial charge < -0.3 is 0 Å². The molecule has 0 unspecified atom stereocenters. The average molecular weight is 367 g/mol. The number of anilines is 1. The van der Waals surface area contributed by atoms with Crippen molar-refractivity contribution in [2.24, 2.45) is 0 Å². The van der Waals surface area contributed by atoms with E-state index in [1.165, 1.54) is 6.20 Å². The normalized spacial score (nSPS) is 10.0. The Bertz CT molecular complexity index is 697. The molecule has 0 aromatic carbocycles. The van der Waals surface area contributed by atoms with E-state index in [0.717, 1.165) is 19.0 Å². The summed E-state index contributed by atoms with van der Waals surface area (Å²) in [4.78, 5) is 25.5. The molecule has 0 aliphatic rings. The molecule has 2 rings (SSSR count). The van der Waals surface area contributed by atoms with Gasteiger partial charge in [0.05, 0.1) is 6.20 Å². The van der Waals surface area contributed by atoms with Crippen LogP contribution in [0.3, 0.4) is 0 Å². The first-order valence-electron chi connectivity index (χ1n) is 8.51. The average Bonchev–Trinajstić information content (AvgIpc) is 2.65. The number of aromatic nitrogens is 3. The second kappa shape index (κ2) is 10.7. The van der Waals surface area contributed by atoms with Crippen molar-refractivity contribution >= 4 is 23.3 Å². The Balaban J connectivity index is 0.00000151. The van der Waals surface area contributed by atoms with Crippen molar-refractivity contribution in [2.45, 2.75) is 47.0 Å². The Labute approximate surface area is 153 Å². The zero-order valence-electron chi connectivity index (χ0n) is 15.1. The SMILES string of the molecule is CC.CCCCN(C(=O)CC)c1cc(-c2nc(Cl)ncc2F)ccn1. The zero-order chi connectivity index (χ0) is 18.8. The number of unbranched alkanes of at least 4 members (excludes halogenated alkanes) is 1. The van der Waals surface area contributed by atoms with Gasteiger partial charge in [0.2, 0.25) is 11.2 Å². The maximum Gasteiger partial charge on any atom is 0.227 e. The summed E-state index contributed by atoms with van der Waals surface area (Å²) in [5.41, 5.74) is 0.593. The van der Waals surface area contributed by atoms with E-state index >= 15 is 0 Å². The van der Waals surface area contributed by atoms with Crippen molar-refractivity contribution in [2.75, 3.05) is 11.4 Å². The number of hydrogen-bond acceptors (Lipinski definition) is 4. The molecule has 2 aromatic rings. The fraction of sp³-hybridized carbons (Fsp3) is 0.444. The highest BCUT2D eigenvalue weighted by Gasteiger charge is 2.17. The minimum Gasteiger partial charge on any atom is -0.297 e. The molecule has 25 heavy (non-hydrogen) atoms. The number of carbonyl (C=O) groups excluding carboxylic acids is 1. The van der Waals surface area contributed by atoms with Gasteiger partial charge >= 0.3 is 0 Å². The lowest BCUT2D eigenvalue weighted by atomic mass is 10.1. The van der Waals surface area contributed by atoms with Gasteiger partial charge in [-0.15, -0.1) is 0 Å². The largest absolute Gasteiger partial charge is 0.297 e. The lowest BCUT2D eigenvalue weighted by Gasteiger charge is -2.21. The molecule has 0 aliphatic carbocycles. The van der Waals surface area contributed by atoms with Crippen LogP contribution in [0.5, 0.6) is 0 Å². The molecule has 2 aromatic heterocycles. The predicted octanol–water partition coefficient (Wildman–Crippen LogP) is 4.90. The molecule has 1 amide bonds. The third-order valence-electron chi connectivity index (χ3n) is 3.35. The van der Waals surface area contributed by atoms with Crippen LogP contribution < -0.4 is 4.90 Å². The molecule has 0 saturated heterocycles.